The van der Waals surface area contributed by atoms with E-state index in [1.165, 1.54) is 11.1 Å². The average Bonchev–Trinajstić information content (AvgIpc) is 2.58. The number of benzene rings is 2. The van der Waals surface area contributed by atoms with Gasteiger partial charge in [0.25, 0.3) is 0 Å². The Bertz CT molecular complexity index is 549. The zero-order valence-electron chi connectivity index (χ0n) is 13.1. The number of hydrogen-bond donors (Lipinski definition) is 0. The molecule has 2 rings (SSSR count). The molecule has 0 unspecified atom stereocenters. The van der Waals surface area contributed by atoms with E-state index in [2.05, 4.69) is 0 Å². The van der Waals surface area contributed by atoms with E-state index in [1.807, 2.05) is 60.7 Å². The van der Waals surface area contributed by atoms with Gasteiger partial charge in [0, 0.05) is 0 Å². The molecule has 0 heterocycles. The van der Waals surface area contributed by atoms with Gasteiger partial charge in [0.05, 0.1) is 13.2 Å². The van der Waals surface area contributed by atoms with Gasteiger partial charge >= 0.3 is 7.82 Å². The third-order valence-electron chi connectivity index (χ3n) is 3.40. The standard InChI is InChI=1S/C18H22O4P/c19-23(20,21-15-7-13-17-9-3-1-4-10-17)22-16-8-14-18-11-5-2-6-12-18/h1-6,9-12H,7-8,13-16H2. The molecule has 0 aliphatic rings. The fourth-order valence-corrected chi connectivity index (χ4v) is 3.01. The highest BCUT2D eigenvalue weighted by atomic mass is 31.2. The molecule has 0 saturated carbocycles. The van der Waals surface area contributed by atoms with Crippen molar-refractivity contribution in [3.05, 3.63) is 71.8 Å². The van der Waals surface area contributed by atoms with Crippen LogP contribution in [0.2, 0.25) is 0 Å². The molecule has 0 bridgehead atoms. The first-order valence-corrected chi connectivity index (χ1v) is 9.30. The first-order valence-electron chi connectivity index (χ1n) is 7.84. The Morgan fingerprint density at radius 1 is 0.696 bits per heavy atom. The molecule has 1 radical (unpaired) electrons. The maximum Gasteiger partial charge on any atom is 0.502 e. The normalized spacial score (nSPS) is 11.5. The summed E-state index contributed by atoms with van der Waals surface area (Å²) in [6.45, 7) is 0.294. The van der Waals surface area contributed by atoms with Gasteiger partial charge in [0.2, 0.25) is 0 Å². The summed E-state index contributed by atoms with van der Waals surface area (Å²) in [6, 6.07) is 19.8. The number of rotatable bonds is 10. The van der Waals surface area contributed by atoms with Gasteiger partial charge in [0.1, 0.15) is 0 Å². The van der Waals surface area contributed by atoms with Crippen LogP contribution in [-0.2, 0) is 31.3 Å². The smallest absolute Gasteiger partial charge is 0.285 e. The second-order valence-electron chi connectivity index (χ2n) is 5.29. The first-order chi connectivity index (χ1) is 11.2. The van der Waals surface area contributed by atoms with Crippen LogP contribution in [0, 0.1) is 0 Å². The molecule has 0 amide bonds. The fraction of sp³-hybridized carbons (Fsp3) is 0.333. The summed E-state index contributed by atoms with van der Waals surface area (Å²) in [7, 11) is -4.19. The summed E-state index contributed by atoms with van der Waals surface area (Å²) in [4.78, 5) is 11.6. The molecule has 2 aromatic rings. The number of aryl methyl sites for hydroxylation is 2. The van der Waals surface area contributed by atoms with Crippen LogP contribution < -0.4 is 0 Å². The van der Waals surface area contributed by atoms with E-state index in [0.29, 0.717) is 12.8 Å². The molecule has 0 N–H and O–H groups in total. The Morgan fingerprint density at radius 3 is 1.48 bits per heavy atom. The predicted molar refractivity (Wildman–Crippen MR) is 89.7 cm³/mol. The maximum atomic E-state index is 11.6. The Labute approximate surface area is 137 Å². The molecular weight excluding hydrogens is 311 g/mol. The molecule has 0 aromatic heterocycles. The molecule has 0 fully saturated rings. The minimum atomic E-state index is -4.19. The summed E-state index contributed by atoms with van der Waals surface area (Å²) in [5.74, 6) is 0. The highest BCUT2D eigenvalue weighted by Gasteiger charge is 2.22. The first kappa shape index (κ1) is 17.9. The molecule has 0 aliphatic heterocycles. The van der Waals surface area contributed by atoms with E-state index in [0.717, 1.165) is 12.8 Å². The van der Waals surface area contributed by atoms with Crippen molar-refractivity contribution >= 4 is 7.82 Å². The van der Waals surface area contributed by atoms with Gasteiger partial charge in [-0.2, -0.15) is 0 Å². The van der Waals surface area contributed by atoms with Crippen molar-refractivity contribution in [1.29, 1.82) is 0 Å². The van der Waals surface area contributed by atoms with Crippen molar-refractivity contribution in [3.63, 3.8) is 0 Å². The van der Waals surface area contributed by atoms with Crippen molar-refractivity contribution < 1.29 is 18.5 Å². The van der Waals surface area contributed by atoms with Gasteiger partial charge in [-0.05, 0) is 36.8 Å². The summed E-state index contributed by atoms with van der Waals surface area (Å²) in [5.41, 5.74) is 2.33. The highest BCUT2D eigenvalue weighted by molar-refractivity contribution is 7.47. The van der Waals surface area contributed by atoms with Crippen molar-refractivity contribution in [2.24, 2.45) is 0 Å². The summed E-state index contributed by atoms with van der Waals surface area (Å²) >= 11 is 0. The molecule has 2 aromatic carbocycles. The summed E-state index contributed by atoms with van der Waals surface area (Å²) in [6.07, 6.45) is 2.86. The van der Waals surface area contributed by atoms with Crippen LogP contribution in [0.1, 0.15) is 24.0 Å². The van der Waals surface area contributed by atoms with Crippen molar-refractivity contribution in [1.82, 2.24) is 0 Å². The molecule has 4 nitrogen and oxygen atoms in total. The van der Waals surface area contributed by atoms with Gasteiger partial charge < -0.3 is 0 Å². The van der Waals surface area contributed by atoms with Gasteiger partial charge in [-0.15, -0.1) is 4.89 Å². The Kier molecular flexibility index (Phi) is 7.50. The topological polar surface area (TPSA) is 55.4 Å². The second-order valence-corrected chi connectivity index (χ2v) is 6.70. The quantitative estimate of drug-likeness (QED) is 0.462. The largest absolute Gasteiger partial charge is 0.502 e. The molecule has 0 aliphatic carbocycles. The SMILES string of the molecule is [O]P(=O)(OCCCc1ccccc1)OCCCc1ccccc1. The Balaban J connectivity index is 1.58. The van der Waals surface area contributed by atoms with Gasteiger partial charge in [-0.3, -0.25) is 9.05 Å². The monoisotopic (exact) mass is 333 g/mol. The minimum Gasteiger partial charge on any atom is -0.285 e. The third-order valence-corrected chi connectivity index (χ3v) is 4.40. The van der Waals surface area contributed by atoms with E-state index in [-0.39, 0.29) is 13.2 Å². The zero-order valence-corrected chi connectivity index (χ0v) is 14.0. The van der Waals surface area contributed by atoms with E-state index < -0.39 is 7.82 Å². The van der Waals surface area contributed by atoms with Crippen molar-refractivity contribution in [2.75, 3.05) is 13.2 Å². The minimum absolute atomic E-state index is 0.147. The lowest BCUT2D eigenvalue weighted by atomic mass is 10.1. The molecule has 123 valence electrons. The Morgan fingerprint density at radius 2 is 1.09 bits per heavy atom. The van der Waals surface area contributed by atoms with Crippen LogP contribution in [0.4, 0.5) is 0 Å². The third kappa shape index (κ3) is 7.58. The molecule has 0 saturated heterocycles. The lowest BCUT2D eigenvalue weighted by Gasteiger charge is -2.10. The number of hydrogen-bond acceptors (Lipinski definition) is 3. The van der Waals surface area contributed by atoms with E-state index >= 15 is 0 Å². The van der Waals surface area contributed by atoms with Crippen molar-refractivity contribution in [3.8, 4) is 0 Å². The van der Waals surface area contributed by atoms with Crippen LogP contribution in [0.25, 0.3) is 0 Å². The van der Waals surface area contributed by atoms with Crippen LogP contribution >= 0.6 is 7.82 Å². The lowest BCUT2D eigenvalue weighted by molar-refractivity contribution is 0.126. The molecular formula is C18H22O4P. The van der Waals surface area contributed by atoms with Crippen LogP contribution in [-0.4, -0.2) is 13.2 Å². The molecule has 23 heavy (non-hydrogen) atoms. The van der Waals surface area contributed by atoms with Gasteiger partial charge in [-0.25, -0.2) is 4.57 Å². The molecule has 0 atom stereocenters. The lowest BCUT2D eigenvalue weighted by Crippen LogP contribution is -2.00. The predicted octanol–water partition coefficient (Wildman–Crippen LogP) is 4.82. The average molecular weight is 333 g/mol. The Hall–Kier alpha value is -1.45. The van der Waals surface area contributed by atoms with Crippen molar-refractivity contribution in [2.45, 2.75) is 25.7 Å². The van der Waals surface area contributed by atoms with Crippen LogP contribution in [0.3, 0.4) is 0 Å². The zero-order chi connectivity index (χ0) is 16.4. The molecule has 0 spiro atoms. The van der Waals surface area contributed by atoms with E-state index in [4.69, 9.17) is 9.05 Å². The molecule has 5 heteroatoms. The highest BCUT2D eigenvalue weighted by Crippen LogP contribution is 2.44. The van der Waals surface area contributed by atoms with Gasteiger partial charge in [0.15, 0.2) is 0 Å². The summed E-state index contributed by atoms with van der Waals surface area (Å²) < 4.78 is 21.4. The van der Waals surface area contributed by atoms with Gasteiger partial charge in [-0.1, -0.05) is 60.7 Å². The summed E-state index contributed by atoms with van der Waals surface area (Å²) in [5, 5.41) is 0. The van der Waals surface area contributed by atoms with Crippen LogP contribution in [0.15, 0.2) is 60.7 Å². The van der Waals surface area contributed by atoms with E-state index in [9.17, 15) is 9.46 Å². The maximum absolute atomic E-state index is 11.6. The second kappa shape index (κ2) is 9.64. The fourth-order valence-electron chi connectivity index (χ4n) is 2.23. The van der Waals surface area contributed by atoms with Crippen LogP contribution in [0.5, 0.6) is 0 Å². The van der Waals surface area contributed by atoms with E-state index in [1.54, 1.807) is 0 Å².